The molecule has 8 heteroatoms. The molecule has 0 radical (unpaired) electrons. The first kappa shape index (κ1) is 15.3. The van der Waals surface area contributed by atoms with Gasteiger partial charge < -0.3 is 20.1 Å². The van der Waals surface area contributed by atoms with Gasteiger partial charge in [0.2, 0.25) is 0 Å². The molecule has 2 atom stereocenters. The molecule has 1 aromatic rings. The predicted molar refractivity (Wildman–Crippen MR) is 75.0 cm³/mol. The third kappa shape index (κ3) is 3.94. The predicted octanol–water partition coefficient (Wildman–Crippen LogP) is 0.856. The lowest BCUT2D eigenvalue weighted by molar-refractivity contribution is -0.137. The summed E-state index contributed by atoms with van der Waals surface area (Å²) < 4.78 is 6.64. The second kappa shape index (κ2) is 6.57. The summed E-state index contributed by atoms with van der Waals surface area (Å²) in [5.41, 5.74) is 0.480. The molecule has 0 aromatic carbocycles. The van der Waals surface area contributed by atoms with Gasteiger partial charge in [0, 0.05) is 26.4 Å². The molecule has 0 saturated carbocycles. The number of aromatic nitrogens is 2. The van der Waals surface area contributed by atoms with Crippen molar-refractivity contribution in [3.8, 4) is 0 Å². The number of aliphatic carboxylic acids is 1. The van der Waals surface area contributed by atoms with Crippen LogP contribution in [0.5, 0.6) is 0 Å². The molecule has 2 rings (SSSR count). The number of piperidine rings is 1. The van der Waals surface area contributed by atoms with E-state index in [1.165, 1.54) is 17.1 Å². The van der Waals surface area contributed by atoms with Crippen molar-refractivity contribution in [1.82, 2.24) is 14.7 Å². The van der Waals surface area contributed by atoms with Crippen molar-refractivity contribution in [2.75, 3.05) is 25.5 Å². The summed E-state index contributed by atoms with van der Waals surface area (Å²) in [4.78, 5) is 24.4. The summed E-state index contributed by atoms with van der Waals surface area (Å²) in [6.45, 7) is 3.10. The summed E-state index contributed by atoms with van der Waals surface area (Å²) >= 11 is 0. The molecule has 2 N–H and O–H groups in total. The molecule has 2 heterocycles. The van der Waals surface area contributed by atoms with Crippen LogP contribution in [0.3, 0.4) is 0 Å². The Morgan fingerprint density at radius 2 is 2.33 bits per heavy atom. The zero-order valence-electron chi connectivity index (χ0n) is 12.2. The zero-order chi connectivity index (χ0) is 15.4. The van der Waals surface area contributed by atoms with Crippen molar-refractivity contribution in [1.29, 1.82) is 0 Å². The lowest BCUT2D eigenvalue weighted by Crippen LogP contribution is -2.48. The molecule has 0 bridgehead atoms. The smallest absolute Gasteiger partial charge is 0.325 e. The molecule has 8 nitrogen and oxygen atoms in total. The highest BCUT2D eigenvalue weighted by Crippen LogP contribution is 2.20. The first-order chi connectivity index (χ1) is 9.99. The highest BCUT2D eigenvalue weighted by molar-refractivity contribution is 5.89. The molecule has 21 heavy (non-hydrogen) atoms. The Labute approximate surface area is 122 Å². The topological polar surface area (TPSA) is 96.7 Å². The number of nitrogens with one attached hydrogen (secondary N) is 1. The van der Waals surface area contributed by atoms with Crippen molar-refractivity contribution in [2.24, 2.45) is 5.92 Å². The zero-order valence-corrected chi connectivity index (χ0v) is 12.2. The quantitative estimate of drug-likeness (QED) is 0.859. The molecular weight excluding hydrogens is 276 g/mol. The Kier molecular flexibility index (Phi) is 4.79. The second-order valence-electron chi connectivity index (χ2n) is 5.24. The van der Waals surface area contributed by atoms with E-state index in [9.17, 15) is 9.59 Å². The van der Waals surface area contributed by atoms with Crippen LogP contribution in [0, 0.1) is 5.92 Å². The van der Waals surface area contributed by atoms with Gasteiger partial charge in [-0.15, -0.1) is 0 Å². The van der Waals surface area contributed by atoms with Gasteiger partial charge in [0.15, 0.2) is 0 Å². The minimum Gasteiger partial charge on any atom is -0.480 e. The number of anilines is 1. The van der Waals surface area contributed by atoms with E-state index in [0.29, 0.717) is 24.7 Å². The van der Waals surface area contributed by atoms with E-state index in [4.69, 9.17) is 9.84 Å². The van der Waals surface area contributed by atoms with Crippen molar-refractivity contribution in [3.05, 3.63) is 12.4 Å². The average Bonchev–Trinajstić information content (AvgIpc) is 2.85. The standard InChI is InChI=1S/C13H20N4O4/c1-9-3-4-16(7-11(9)21-2)13(20)15-10-5-14-17(6-10)8-12(18)19/h5-6,9,11H,3-4,7-8H2,1-2H3,(H,15,20)(H,18,19). The maximum absolute atomic E-state index is 12.2. The van der Waals surface area contributed by atoms with E-state index < -0.39 is 5.97 Å². The lowest BCUT2D eigenvalue weighted by Gasteiger charge is -2.36. The Morgan fingerprint density at radius 3 is 3.00 bits per heavy atom. The number of ether oxygens (including phenoxy) is 1. The van der Waals surface area contributed by atoms with Crippen LogP contribution in [-0.4, -0.2) is 58.1 Å². The van der Waals surface area contributed by atoms with Gasteiger partial charge in [-0.05, 0) is 12.3 Å². The fraction of sp³-hybridized carbons (Fsp3) is 0.615. The maximum atomic E-state index is 12.2. The number of nitrogens with zero attached hydrogens (tertiary/aromatic N) is 3. The van der Waals surface area contributed by atoms with Crippen molar-refractivity contribution >= 4 is 17.7 Å². The van der Waals surface area contributed by atoms with Crippen molar-refractivity contribution in [2.45, 2.75) is 26.0 Å². The minimum absolute atomic E-state index is 0.0410. The summed E-state index contributed by atoms with van der Waals surface area (Å²) in [6.07, 6.45) is 3.86. The normalized spacial score (nSPS) is 22.1. The van der Waals surface area contributed by atoms with Crippen LogP contribution in [0.25, 0.3) is 0 Å². The second-order valence-corrected chi connectivity index (χ2v) is 5.24. The van der Waals surface area contributed by atoms with E-state index >= 15 is 0 Å². The van der Waals surface area contributed by atoms with Crippen LogP contribution in [-0.2, 0) is 16.1 Å². The van der Waals surface area contributed by atoms with Gasteiger partial charge in [-0.2, -0.15) is 5.10 Å². The van der Waals surface area contributed by atoms with E-state index in [-0.39, 0.29) is 18.7 Å². The maximum Gasteiger partial charge on any atom is 0.325 e. The molecule has 116 valence electrons. The van der Waals surface area contributed by atoms with E-state index in [0.717, 1.165) is 6.42 Å². The number of likely N-dealkylation sites (tertiary alicyclic amines) is 1. The number of carboxylic acids is 1. The summed E-state index contributed by atoms with van der Waals surface area (Å²) in [5.74, 6) is -0.554. The molecule has 0 spiro atoms. The Bertz CT molecular complexity index is 516. The number of methoxy groups -OCH3 is 1. The monoisotopic (exact) mass is 296 g/mol. The number of amides is 2. The summed E-state index contributed by atoms with van der Waals surface area (Å²) in [7, 11) is 1.65. The molecule has 1 aliphatic rings. The van der Waals surface area contributed by atoms with Gasteiger partial charge in [-0.1, -0.05) is 6.92 Å². The van der Waals surface area contributed by atoms with Gasteiger partial charge in [-0.25, -0.2) is 4.79 Å². The van der Waals surface area contributed by atoms with E-state index in [1.807, 2.05) is 0 Å². The molecule has 1 fully saturated rings. The van der Waals surface area contributed by atoms with Crippen molar-refractivity contribution in [3.63, 3.8) is 0 Å². The first-order valence-electron chi connectivity index (χ1n) is 6.82. The van der Waals surface area contributed by atoms with Crippen LogP contribution < -0.4 is 5.32 Å². The van der Waals surface area contributed by atoms with E-state index in [2.05, 4.69) is 17.3 Å². The Hall–Kier alpha value is -2.09. The first-order valence-corrected chi connectivity index (χ1v) is 6.82. The highest BCUT2D eigenvalue weighted by Gasteiger charge is 2.28. The molecular formula is C13H20N4O4. The highest BCUT2D eigenvalue weighted by atomic mass is 16.5. The van der Waals surface area contributed by atoms with Crippen LogP contribution in [0.1, 0.15) is 13.3 Å². The SMILES string of the molecule is COC1CN(C(=O)Nc2cnn(CC(=O)O)c2)CCC1C. The largest absolute Gasteiger partial charge is 0.480 e. The fourth-order valence-corrected chi connectivity index (χ4v) is 2.38. The summed E-state index contributed by atoms with van der Waals surface area (Å²) in [6, 6.07) is -0.223. The van der Waals surface area contributed by atoms with Crippen LogP contribution in [0.2, 0.25) is 0 Å². The number of hydrogen-bond acceptors (Lipinski definition) is 4. The van der Waals surface area contributed by atoms with Crippen LogP contribution >= 0.6 is 0 Å². The van der Waals surface area contributed by atoms with Crippen LogP contribution in [0.15, 0.2) is 12.4 Å². The molecule has 2 amide bonds. The average molecular weight is 296 g/mol. The lowest BCUT2D eigenvalue weighted by atomic mass is 9.96. The Balaban J connectivity index is 1.92. The number of carbonyl (C=O) groups excluding carboxylic acids is 1. The third-order valence-corrected chi connectivity index (χ3v) is 3.66. The number of rotatable bonds is 4. The molecule has 1 aromatic heterocycles. The summed E-state index contributed by atoms with van der Waals surface area (Å²) in [5, 5.41) is 15.3. The Morgan fingerprint density at radius 1 is 1.57 bits per heavy atom. The van der Waals surface area contributed by atoms with Gasteiger partial charge in [-0.3, -0.25) is 9.48 Å². The number of hydrogen-bond donors (Lipinski definition) is 2. The molecule has 2 unspecified atom stereocenters. The van der Waals surface area contributed by atoms with E-state index in [1.54, 1.807) is 12.0 Å². The van der Waals surface area contributed by atoms with Crippen LogP contribution in [0.4, 0.5) is 10.5 Å². The van der Waals surface area contributed by atoms with Crippen molar-refractivity contribution < 1.29 is 19.4 Å². The van der Waals surface area contributed by atoms with Gasteiger partial charge in [0.25, 0.3) is 0 Å². The van der Waals surface area contributed by atoms with Gasteiger partial charge >= 0.3 is 12.0 Å². The third-order valence-electron chi connectivity index (χ3n) is 3.66. The molecule has 1 aliphatic heterocycles. The number of carbonyl (C=O) groups is 2. The fourth-order valence-electron chi connectivity index (χ4n) is 2.38. The minimum atomic E-state index is -0.982. The number of urea groups is 1. The molecule has 1 saturated heterocycles. The number of carboxylic acid groups (broad SMARTS) is 1. The van der Waals surface area contributed by atoms with Gasteiger partial charge in [0.05, 0.1) is 18.0 Å². The van der Waals surface area contributed by atoms with Gasteiger partial charge in [0.1, 0.15) is 6.54 Å². The molecule has 0 aliphatic carbocycles.